The number of rotatable bonds is 5. The maximum absolute atomic E-state index is 13.4. The van der Waals surface area contributed by atoms with E-state index in [2.05, 4.69) is 27.8 Å². The number of aryl methyl sites for hydroxylation is 1. The van der Waals surface area contributed by atoms with Crippen molar-refractivity contribution in [3.05, 3.63) is 40.7 Å². The molecule has 0 saturated carbocycles. The number of aromatic nitrogens is 2. The summed E-state index contributed by atoms with van der Waals surface area (Å²) in [6.45, 7) is 2.18. The van der Waals surface area contributed by atoms with E-state index < -0.39 is 6.03 Å². The highest BCUT2D eigenvalue weighted by Crippen LogP contribution is 2.16. The number of carbonyl (C=O) groups excluding carboxylic acids is 1. The standard InChI is InChI=1S/C13H15FN4OS/c1-2-5-11-17-18-13(20-11)16-12(19)15-8-9-6-3-4-7-10(9)14/h3-4,6-7H,2,5,8H2,1H3,(H2,15,16,18,19). The van der Waals surface area contributed by atoms with E-state index in [1.165, 1.54) is 17.4 Å². The molecule has 0 fully saturated rings. The summed E-state index contributed by atoms with van der Waals surface area (Å²) in [5.74, 6) is -0.339. The van der Waals surface area contributed by atoms with Gasteiger partial charge in [-0.1, -0.05) is 36.5 Å². The summed E-state index contributed by atoms with van der Waals surface area (Å²) >= 11 is 1.34. The Morgan fingerprint density at radius 2 is 2.15 bits per heavy atom. The SMILES string of the molecule is CCCc1nnc(NC(=O)NCc2ccccc2F)s1. The van der Waals surface area contributed by atoms with Gasteiger partial charge in [0.15, 0.2) is 0 Å². The molecule has 1 heterocycles. The van der Waals surface area contributed by atoms with Gasteiger partial charge >= 0.3 is 6.03 Å². The highest BCUT2D eigenvalue weighted by Gasteiger charge is 2.08. The molecule has 2 amide bonds. The number of hydrogen-bond acceptors (Lipinski definition) is 4. The Balaban J connectivity index is 1.84. The van der Waals surface area contributed by atoms with E-state index in [-0.39, 0.29) is 12.4 Å². The summed E-state index contributed by atoms with van der Waals surface area (Å²) in [6.07, 6.45) is 1.82. The Morgan fingerprint density at radius 1 is 1.35 bits per heavy atom. The molecule has 0 aliphatic carbocycles. The lowest BCUT2D eigenvalue weighted by Crippen LogP contribution is -2.28. The molecule has 5 nitrogen and oxygen atoms in total. The van der Waals surface area contributed by atoms with Gasteiger partial charge in [-0.15, -0.1) is 10.2 Å². The molecule has 0 aliphatic heterocycles. The Morgan fingerprint density at radius 3 is 2.90 bits per heavy atom. The first-order valence-corrected chi connectivity index (χ1v) is 7.11. The van der Waals surface area contributed by atoms with Crippen LogP contribution in [-0.4, -0.2) is 16.2 Å². The van der Waals surface area contributed by atoms with E-state index in [9.17, 15) is 9.18 Å². The van der Waals surface area contributed by atoms with Crippen LogP contribution in [0.4, 0.5) is 14.3 Å². The number of amides is 2. The van der Waals surface area contributed by atoms with Crippen molar-refractivity contribution in [2.24, 2.45) is 0 Å². The predicted molar refractivity (Wildman–Crippen MR) is 76.2 cm³/mol. The maximum Gasteiger partial charge on any atom is 0.321 e. The first-order valence-electron chi connectivity index (χ1n) is 6.29. The van der Waals surface area contributed by atoms with E-state index in [0.717, 1.165) is 17.8 Å². The molecule has 0 bridgehead atoms. The second-order valence-electron chi connectivity index (χ2n) is 4.15. The van der Waals surface area contributed by atoms with E-state index in [0.29, 0.717) is 10.7 Å². The van der Waals surface area contributed by atoms with Gasteiger partial charge in [0.05, 0.1) is 0 Å². The van der Waals surface area contributed by atoms with Crippen LogP contribution >= 0.6 is 11.3 Å². The molecule has 0 atom stereocenters. The number of urea groups is 1. The summed E-state index contributed by atoms with van der Waals surface area (Å²) in [4.78, 5) is 11.7. The van der Waals surface area contributed by atoms with Crippen LogP contribution < -0.4 is 10.6 Å². The lowest BCUT2D eigenvalue weighted by atomic mass is 10.2. The molecule has 0 spiro atoms. The molecule has 0 unspecified atom stereocenters. The molecule has 0 radical (unpaired) electrons. The van der Waals surface area contributed by atoms with Crippen molar-refractivity contribution >= 4 is 22.5 Å². The second kappa shape index (κ2) is 6.95. The third-order valence-electron chi connectivity index (χ3n) is 2.55. The molecule has 7 heteroatoms. The summed E-state index contributed by atoms with van der Waals surface area (Å²) in [5, 5.41) is 14.3. The molecule has 20 heavy (non-hydrogen) atoms. The minimum absolute atomic E-state index is 0.124. The van der Waals surface area contributed by atoms with Crippen molar-refractivity contribution in [1.29, 1.82) is 0 Å². The van der Waals surface area contributed by atoms with Gasteiger partial charge in [0, 0.05) is 18.5 Å². The summed E-state index contributed by atoms with van der Waals surface area (Å²) in [6, 6.07) is 5.89. The molecule has 0 saturated heterocycles. The van der Waals surface area contributed by atoms with Gasteiger partial charge in [0.25, 0.3) is 0 Å². The van der Waals surface area contributed by atoms with Gasteiger partial charge in [-0.25, -0.2) is 9.18 Å². The fraction of sp³-hybridized carbons (Fsp3) is 0.308. The number of benzene rings is 1. The quantitative estimate of drug-likeness (QED) is 0.891. The largest absolute Gasteiger partial charge is 0.334 e. The minimum atomic E-state index is -0.424. The summed E-state index contributed by atoms with van der Waals surface area (Å²) in [7, 11) is 0. The Labute approximate surface area is 120 Å². The number of hydrogen-bond donors (Lipinski definition) is 2. The monoisotopic (exact) mass is 294 g/mol. The maximum atomic E-state index is 13.4. The highest BCUT2D eigenvalue weighted by molar-refractivity contribution is 7.15. The smallest absolute Gasteiger partial charge is 0.321 e. The number of nitrogens with zero attached hydrogens (tertiary/aromatic N) is 2. The summed E-state index contributed by atoms with van der Waals surface area (Å²) in [5.41, 5.74) is 0.437. The second-order valence-corrected chi connectivity index (χ2v) is 5.21. The number of nitrogens with one attached hydrogen (secondary N) is 2. The predicted octanol–water partition coefficient (Wildman–Crippen LogP) is 2.95. The van der Waals surface area contributed by atoms with Crippen LogP contribution in [0.3, 0.4) is 0 Å². The van der Waals surface area contributed by atoms with Crippen LogP contribution in [0.5, 0.6) is 0 Å². The van der Waals surface area contributed by atoms with Crippen LogP contribution in [0.15, 0.2) is 24.3 Å². The molecule has 1 aromatic carbocycles. The lowest BCUT2D eigenvalue weighted by Gasteiger charge is -2.05. The molecule has 106 valence electrons. The molecule has 1 aromatic heterocycles. The Hall–Kier alpha value is -2.02. The average Bonchev–Trinajstić information content (AvgIpc) is 2.85. The highest BCUT2D eigenvalue weighted by atomic mass is 32.1. The zero-order valence-electron chi connectivity index (χ0n) is 11.0. The number of halogens is 1. The molecule has 0 aliphatic rings. The molecule has 2 aromatic rings. The van der Waals surface area contributed by atoms with Crippen molar-refractivity contribution < 1.29 is 9.18 Å². The van der Waals surface area contributed by atoms with Crippen LogP contribution in [0, 0.1) is 5.82 Å². The lowest BCUT2D eigenvalue weighted by molar-refractivity contribution is 0.251. The van der Waals surface area contributed by atoms with E-state index in [1.54, 1.807) is 18.2 Å². The van der Waals surface area contributed by atoms with Crippen LogP contribution in [0.25, 0.3) is 0 Å². The van der Waals surface area contributed by atoms with Crippen LogP contribution in [-0.2, 0) is 13.0 Å². The molecular weight excluding hydrogens is 279 g/mol. The van der Waals surface area contributed by atoms with Crippen LogP contribution in [0.1, 0.15) is 23.9 Å². The van der Waals surface area contributed by atoms with E-state index in [1.807, 2.05) is 0 Å². The van der Waals surface area contributed by atoms with E-state index in [4.69, 9.17) is 0 Å². The summed E-state index contributed by atoms with van der Waals surface area (Å²) < 4.78 is 13.4. The third-order valence-corrected chi connectivity index (χ3v) is 3.45. The third kappa shape index (κ3) is 3.99. The number of anilines is 1. The van der Waals surface area contributed by atoms with Crippen molar-refractivity contribution in [1.82, 2.24) is 15.5 Å². The van der Waals surface area contributed by atoms with Gasteiger partial charge in [-0.05, 0) is 12.5 Å². The molecule has 2 N–H and O–H groups in total. The molecule has 2 rings (SSSR count). The first kappa shape index (κ1) is 14.4. The van der Waals surface area contributed by atoms with Gasteiger partial charge in [-0.2, -0.15) is 0 Å². The van der Waals surface area contributed by atoms with Gasteiger partial charge < -0.3 is 5.32 Å². The first-order chi connectivity index (χ1) is 9.69. The van der Waals surface area contributed by atoms with Gasteiger partial charge in [0.1, 0.15) is 10.8 Å². The average molecular weight is 294 g/mol. The van der Waals surface area contributed by atoms with Crippen molar-refractivity contribution in [2.45, 2.75) is 26.3 Å². The van der Waals surface area contributed by atoms with Gasteiger partial charge in [-0.3, -0.25) is 5.32 Å². The van der Waals surface area contributed by atoms with Crippen LogP contribution in [0.2, 0.25) is 0 Å². The number of carbonyl (C=O) groups is 1. The topological polar surface area (TPSA) is 66.9 Å². The van der Waals surface area contributed by atoms with Crippen molar-refractivity contribution in [3.63, 3.8) is 0 Å². The fourth-order valence-corrected chi connectivity index (χ4v) is 2.41. The minimum Gasteiger partial charge on any atom is -0.334 e. The zero-order chi connectivity index (χ0) is 14.4. The van der Waals surface area contributed by atoms with E-state index >= 15 is 0 Å². The normalized spacial score (nSPS) is 10.3. The van der Waals surface area contributed by atoms with Crippen molar-refractivity contribution in [2.75, 3.05) is 5.32 Å². The Kier molecular flexibility index (Phi) is 5.00. The fourth-order valence-electron chi connectivity index (χ4n) is 1.58. The van der Waals surface area contributed by atoms with Crippen molar-refractivity contribution in [3.8, 4) is 0 Å². The Bertz CT molecular complexity index is 587. The molecular formula is C13H15FN4OS. The zero-order valence-corrected chi connectivity index (χ0v) is 11.8. The van der Waals surface area contributed by atoms with Gasteiger partial charge in [0.2, 0.25) is 5.13 Å².